The van der Waals surface area contributed by atoms with Crippen molar-refractivity contribution in [2.24, 2.45) is 5.73 Å². The van der Waals surface area contributed by atoms with Gasteiger partial charge in [-0.2, -0.15) is 13.2 Å². The molecule has 0 aliphatic heterocycles. The summed E-state index contributed by atoms with van der Waals surface area (Å²) < 4.78 is 37.3. The molecule has 0 saturated carbocycles. The number of halogens is 3. The second-order valence-electron chi connectivity index (χ2n) is 3.32. The summed E-state index contributed by atoms with van der Waals surface area (Å²) >= 11 is 0. The minimum atomic E-state index is -4.63. The van der Waals surface area contributed by atoms with Gasteiger partial charge in [0.15, 0.2) is 0 Å². The van der Waals surface area contributed by atoms with Crippen LogP contribution in [0.15, 0.2) is 18.2 Å². The van der Waals surface area contributed by atoms with E-state index in [1.165, 1.54) is 0 Å². The van der Waals surface area contributed by atoms with E-state index in [1.54, 1.807) is 0 Å². The van der Waals surface area contributed by atoms with E-state index in [2.05, 4.69) is 0 Å². The van der Waals surface area contributed by atoms with Gasteiger partial charge in [-0.15, -0.1) is 0 Å². The molecule has 0 unspecified atom stereocenters. The molecular weight excluding hydrogens is 253 g/mol. The van der Waals surface area contributed by atoms with Gasteiger partial charge in [0.25, 0.3) is 0 Å². The molecule has 0 radical (unpaired) electrons. The van der Waals surface area contributed by atoms with Gasteiger partial charge in [-0.3, -0.25) is 4.79 Å². The Bertz CT molecular complexity index is 486. The molecule has 0 aliphatic rings. The van der Waals surface area contributed by atoms with E-state index in [0.717, 1.165) is 6.07 Å². The third-order valence-electron chi connectivity index (χ3n) is 2.04. The monoisotopic (exact) mass is 262 g/mol. The lowest BCUT2D eigenvalue weighted by Crippen LogP contribution is -2.23. The number of nitrogens with two attached hydrogens (primary N) is 1. The zero-order valence-electron chi connectivity index (χ0n) is 8.91. The van der Waals surface area contributed by atoms with Crippen LogP contribution in [0.1, 0.15) is 15.9 Å². The summed E-state index contributed by atoms with van der Waals surface area (Å²) in [5.74, 6) is -2.23. The van der Waals surface area contributed by atoms with Crippen molar-refractivity contribution < 1.29 is 27.9 Å². The highest BCUT2D eigenvalue weighted by atomic mass is 19.4. The van der Waals surface area contributed by atoms with Crippen LogP contribution >= 0.6 is 0 Å². The molecule has 0 atom stereocenters. The number of benzene rings is 1. The molecular formula is C10H9F3N2O3. The van der Waals surface area contributed by atoms with Gasteiger partial charge in [0.1, 0.15) is 0 Å². The third kappa shape index (κ3) is 3.20. The number of anilines is 1. The van der Waals surface area contributed by atoms with Crippen molar-refractivity contribution in [2.75, 3.05) is 11.9 Å². The van der Waals surface area contributed by atoms with Crippen LogP contribution in [0.2, 0.25) is 0 Å². The van der Waals surface area contributed by atoms with Crippen molar-refractivity contribution in [3.05, 3.63) is 29.3 Å². The summed E-state index contributed by atoms with van der Waals surface area (Å²) in [5.41, 5.74) is 3.06. The van der Waals surface area contributed by atoms with Crippen molar-refractivity contribution in [1.29, 1.82) is 0 Å². The molecule has 5 nitrogen and oxygen atoms in total. The topological polar surface area (TPSA) is 92.4 Å². The first-order valence-corrected chi connectivity index (χ1v) is 4.70. The summed E-state index contributed by atoms with van der Waals surface area (Å²) in [6.45, 7) is -0.463. The molecule has 8 heteroatoms. The van der Waals surface area contributed by atoms with Gasteiger partial charge in [-0.05, 0) is 18.2 Å². The lowest BCUT2D eigenvalue weighted by molar-refractivity contribution is -0.137. The van der Waals surface area contributed by atoms with Crippen LogP contribution in [0, 0.1) is 0 Å². The van der Waals surface area contributed by atoms with Crippen molar-refractivity contribution in [3.63, 3.8) is 0 Å². The van der Waals surface area contributed by atoms with E-state index in [4.69, 9.17) is 10.8 Å². The minimum Gasteiger partial charge on any atom is -0.478 e. The number of rotatable bonds is 3. The van der Waals surface area contributed by atoms with Crippen LogP contribution in [0.5, 0.6) is 0 Å². The summed E-state index contributed by atoms with van der Waals surface area (Å²) in [4.78, 5) is 21.8. The SMILES string of the molecule is NCC(=O)Nc1cc(C(F)(F)F)ccc1C(=O)O. The molecule has 0 aliphatic carbocycles. The maximum absolute atomic E-state index is 12.4. The predicted octanol–water partition coefficient (Wildman–Crippen LogP) is 1.30. The molecule has 0 aromatic heterocycles. The molecule has 18 heavy (non-hydrogen) atoms. The highest BCUT2D eigenvalue weighted by molar-refractivity contribution is 6.01. The maximum atomic E-state index is 12.4. The van der Waals surface area contributed by atoms with Crippen LogP contribution < -0.4 is 11.1 Å². The number of amides is 1. The second kappa shape index (κ2) is 5.05. The fourth-order valence-electron chi connectivity index (χ4n) is 1.21. The molecule has 1 amide bonds. The minimum absolute atomic E-state index is 0.437. The second-order valence-corrected chi connectivity index (χ2v) is 3.32. The number of nitrogens with one attached hydrogen (secondary N) is 1. The van der Waals surface area contributed by atoms with Crippen LogP contribution in [0.4, 0.5) is 18.9 Å². The number of aromatic carboxylic acids is 1. The lowest BCUT2D eigenvalue weighted by atomic mass is 10.1. The van der Waals surface area contributed by atoms with E-state index in [-0.39, 0.29) is 0 Å². The molecule has 98 valence electrons. The maximum Gasteiger partial charge on any atom is 0.416 e. The molecule has 0 saturated heterocycles. The van der Waals surface area contributed by atoms with Crippen LogP contribution in [-0.2, 0) is 11.0 Å². The zero-order chi connectivity index (χ0) is 13.9. The molecule has 0 bridgehead atoms. The third-order valence-corrected chi connectivity index (χ3v) is 2.04. The number of hydrogen-bond acceptors (Lipinski definition) is 3. The van der Waals surface area contributed by atoms with Gasteiger partial charge in [0.05, 0.1) is 23.4 Å². The van der Waals surface area contributed by atoms with Gasteiger partial charge < -0.3 is 16.2 Å². The standard InChI is InChI=1S/C10H9F3N2O3/c11-10(12,13)5-1-2-6(9(17)18)7(3-5)15-8(16)4-14/h1-3H,4,14H2,(H,15,16)(H,17,18). The normalized spacial score (nSPS) is 11.1. The van der Waals surface area contributed by atoms with Gasteiger partial charge in [-0.1, -0.05) is 0 Å². The van der Waals surface area contributed by atoms with Crippen molar-refractivity contribution >= 4 is 17.6 Å². The van der Waals surface area contributed by atoms with Gasteiger partial charge in [0.2, 0.25) is 5.91 Å². The Morgan fingerprint density at radius 3 is 2.39 bits per heavy atom. The Labute approximate surface area is 99.4 Å². The van der Waals surface area contributed by atoms with E-state index < -0.39 is 41.4 Å². The highest BCUT2D eigenvalue weighted by Crippen LogP contribution is 2.32. The predicted molar refractivity (Wildman–Crippen MR) is 56.1 cm³/mol. The van der Waals surface area contributed by atoms with E-state index in [1.807, 2.05) is 5.32 Å². The Morgan fingerprint density at radius 1 is 1.33 bits per heavy atom. The number of carbonyl (C=O) groups is 2. The molecule has 0 fully saturated rings. The molecule has 0 spiro atoms. The number of alkyl halides is 3. The summed E-state index contributed by atoms with van der Waals surface area (Å²) in [7, 11) is 0. The number of hydrogen-bond donors (Lipinski definition) is 3. The molecule has 1 rings (SSSR count). The average Bonchev–Trinajstić information content (AvgIpc) is 2.27. The van der Waals surface area contributed by atoms with Gasteiger partial charge >= 0.3 is 12.1 Å². The largest absolute Gasteiger partial charge is 0.478 e. The van der Waals surface area contributed by atoms with E-state index in [0.29, 0.717) is 12.1 Å². The zero-order valence-corrected chi connectivity index (χ0v) is 8.91. The lowest BCUT2D eigenvalue weighted by Gasteiger charge is -2.12. The first kappa shape index (κ1) is 14.0. The first-order valence-electron chi connectivity index (χ1n) is 4.70. The van der Waals surface area contributed by atoms with Crippen LogP contribution in [0.25, 0.3) is 0 Å². The van der Waals surface area contributed by atoms with Crippen LogP contribution in [-0.4, -0.2) is 23.5 Å². The Balaban J connectivity index is 3.24. The van der Waals surface area contributed by atoms with E-state index >= 15 is 0 Å². The van der Waals surface area contributed by atoms with Crippen molar-refractivity contribution in [2.45, 2.75) is 6.18 Å². The fourth-order valence-corrected chi connectivity index (χ4v) is 1.21. The van der Waals surface area contributed by atoms with Crippen molar-refractivity contribution in [3.8, 4) is 0 Å². The number of carboxylic acid groups (broad SMARTS) is 1. The summed E-state index contributed by atoms with van der Waals surface area (Å²) in [5, 5.41) is 10.8. The number of carboxylic acids is 1. The van der Waals surface area contributed by atoms with E-state index in [9.17, 15) is 22.8 Å². The highest BCUT2D eigenvalue weighted by Gasteiger charge is 2.31. The van der Waals surface area contributed by atoms with Gasteiger partial charge in [0, 0.05) is 0 Å². The quantitative estimate of drug-likeness (QED) is 0.765. The molecule has 4 N–H and O–H groups in total. The van der Waals surface area contributed by atoms with Crippen molar-refractivity contribution in [1.82, 2.24) is 0 Å². The molecule has 1 aromatic carbocycles. The Morgan fingerprint density at radius 2 is 1.94 bits per heavy atom. The summed E-state index contributed by atoms with van der Waals surface area (Å²) in [6, 6.07) is 1.95. The Hall–Kier alpha value is -2.09. The fraction of sp³-hybridized carbons (Fsp3) is 0.200. The van der Waals surface area contributed by atoms with Gasteiger partial charge in [-0.25, -0.2) is 4.79 Å². The number of carbonyl (C=O) groups excluding carboxylic acids is 1. The van der Waals surface area contributed by atoms with Crippen LogP contribution in [0.3, 0.4) is 0 Å². The molecule has 0 heterocycles. The summed E-state index contributed by atoms with van der Waals surface area (Å²) in [6.07, 6.45) is -4.63. The first-order chi connectivity index (χ1) is 8.25. The molecule has 1 aromatic rings. The Kier molecular flexibility index (Phi) is 3.92. The smallest absolute Gasteiger partial charge is 0.416 e. The average molecular weight is 262 g/mol.